The summed E-state index contributed by atoms with van der Waals surface area (Å²) < 4.78 is 6.15. The van der Waals surface area contributed by atoms with Crippen LogP contribution >= 0.6 is 0 Å². The van der Waals surface area contributed by atoms with Gasteiger partial charge >= 0.3 is 0 Å². The van der Waals surface area contributed by atoms with Gasteiger partial charge in [-0.3, -0.25) is 0 Å². The van der Waals surface area contributed by atoms with Crippen molar-refractivity contribution in [1.29, 1.82) is 0 Å². The molecule has 0 radical (unpaired) electrons. The summed E-state index contributed by atoms with van der Waals surface area (Å²) in [6, 6.07) is 4.43. The Morgan fingerprint density at radius 2 is 1.41 bits per heavy atom. The average molecular weight is 234 g/mol. The number of benzene rings is 1. The van der Waals surface area contributed by atoms with Crippen LogP contribution in [-0.4, -0.2) is 5.60 Å². The van der Waals surface area contributed by atoms with Crippen molar-refractivity contribution in [3.63, 3.8) is 0 Å². The molecular formula is C16H26O. The van der Waals surface area contributed by atoms with Crippen LogP contribution in [0, 0.1) is 13.8 Å². The predicted molar refractivity (Wildman–Crippen MR) is 75.0 cm³/mol. The van der Waals surface area contributed by atoms with E-state index in [0.29, 0.717) is 0 Å². The first-order chi connectivity index (χ1) is 7.50. The van der Waals surface area contributed by atoms with Crippen molar-refractivity contribution in [2.45, 2.75) is 66.4 Å². The number of ether oxygens (including phenoxy) is 1. The Bertz CT molecular complexity index is 403. The maximum atomic E-state index is 6.15. The molecule has 0 N–H and O–H groups in total. The summed E-state index contributed by atoms with van der Waals surface area (Å²) in [7, 11) is 0. The molecule has 0 aliphatic heterocycles. The first kappa shape index (κ1) is 14.1. The van der Waals surface area contributed by atoms with Gasteiger partial charge in [0.25, 0.3) is 0 Å². The lowest BCUT2D eigenvalue weighted by Gasteiger charge is -2.30. The van der Waals surface area contributed by atoms with E-state index in [4.69, 9.17) is 4.74 Å². The molecule has 96 valence electrons. The van der Waals surface area contributed by atoms with E-state index in [2.05, 4.69) is 67.5 Å². The van der Waals surface area contributed by atoms with Crippen LogP contribution in [0.1, 0.15) is 58.2 Å². The van der Waals surface area contributed by atoms with E-state index in [9.17, 15) is 0 Å². The summed E-state index contributed by atoms with van der Waals surface area (Å²) in [6.07, 6.45) is 0. The quantitative estimate of drug-likeness (QED) is 0.679. The van der Waals surface area contributed by atoms with Crippen molar-refractivity contribution in [3.8, 4) is 5.75 Å². The SMILES string of the molecule is Cc1cc(C)c(OC(C)(C)C)c(C(C)(C)C)c1. The number of hydrogen-bond acceptors (Lipinski definition) is 1. The predicted octanol–water partition coefficient (Wildman–Crippen LogP) is 4.78. The van der Waals surface area contributed by atoms with Crippen LogP contribution in [0.25, 0.3) is 0 Å². The molecule has 0 aliphatic rings. The molecule has 0 aromatic heterocycles. The van der Waals surface area contributed by atoms with Gasteiger partial charge in [-0.1, -0.05) is 38.5 Å². The second kappa shape index (κ2) is 4.36. The van der Waals surface area contributed by atoms with Gasteiger partial charge in [-0.15, -0.1) is 0 Å². The standard InChI is InChI=1S/C16H26O/c1-11-9-12(2)14(17-16(6,7)8)13(10-11)15(3,4)5/h9-10H,1-8H3. The van der Waals surface area contributed by atoms with Gasteiger partial charge in [0.1, 0.15) is 11.4 Å². The first-order valence-electron chi connectivity index (χ1n) is 6.31. The van der Waals surface area contributed by atoms with Crippen molar-refractivity contribution < 1.29 is 4.74 Å². The Hall–Kier alpha value is -0.980. The first-order valence-corrected chi connectivity index (χ1v) is 6.31. The molecule has 0 aliphatic carbocycles. The summed E-state index contributed by atoms with van der Waals surface area (Å²) in [5.41, 5.74) is 3.78. The van der Waals surface area contributed by atoms with Crippen molar-refractivity contribution >= 4 is 0 Å². The number of rotatable bonds is 1. The third-order valence-corrected chi connectivity index (χ3v) is 2.64. The van der Waals surface area contributed by atoms with Crippen molar-refractivity contribution in [1.82, 2.24) is 0 Å². The molecule has 1 nitrogen and oxygen atoms in total. The normalized spacial score (nSPS) is 12.7. The molecular weight excluding hydrogens is 208 g/mol. The molecule has 0 unspecified atom stereocenters. The van der Waals surface area contributed by atoms with Gasteiger partial charge in [0.15, 0.2) is 0 Å². The summed E-state index contributed by atoms with van der Waals surface area (Å²) in [5.74, 6) is 1.05. The fourth-order valence-electron chi connectivity index (χ4n) is 1.95. The average Bonchev–Trinajstić information content (AvgIpc) is 2.05. The molecule has 0 bridgehead atoms. The number of aryl methyl sites for hydroxylation is 2. The molecule has 0 atom stereocenters. The molecule has 0 amide bonds. The minimum atomic E-state index is -0.153. The Labute approximate surface area is 106 Å². The Balaban J connectivity index is 3.36. The molecule has 0 fully saturated rings. The van der Waals surface area contributed by atoms with Crippen LogP contribution < -0.4 is 4.74 Å². The molecule has 0 saturated carbocycles. The number of hydrogen-bond donors (Lipinski definition) is 0. The smallest absolute Gasteiger partial charge is 0.126 e. The van der Waals surface area contributed by atoms with E-state index in [1.54, 1.807) is 0 Å². The third-order valence-electron chi connectivity index (χ3n) is 2.64. The van der Waals surface area contributed by atoms with Crippen molar-refractivity contribution in [2.24, 2.45) is 0 Å². The third kappa shape index (κ3) is 3.76. The second-order valence-corrected chi connectivity index (χ2v) is 6.92. The van der Waals surface area contributed by atoms with Crippen LogP contribution in [0.3, 0.4) is 0 Å². The summed E-state index contributed by atoms with van der Waals surface area (Å²) >= 11 is 0. The van der Waals surface area contributed by atoms with Crippen LogP contribution in [0.5, 0.6) is 5.75 Å². The van der Waals surface area contributed by atoms with Crippen molar-refractivity contribution in [2.75, 3.05) is 0 Å². The van der Waals surface area contributed by atoms with E-state index in [-0.39, 0.29) is 11.0 Å². The largest absolute Gasteiger partial charge is 0.488 e. The van der Waals surface area contributed by atoms with Crippen LogP contribution in [0.2, 0.25) is 0 Å². The minimum absolute atomic E-state index is 0.108. The summed E-state index contributed by atoms with van der Waals surface area (Å²) in [4.78, 5) is 0. The molecule has 0 heterocycles. The van der Waals surface area contributed by atoms with Crippen LogP contribution in [0.4, 0.5) is 0 Å². The van der Waals surface area contributed by atoms with Crippen molar-refractivity contribution in [3.05, 3.63) is 28.8 Å². The lowest BCUT2D eigenvalue weighted by atomic mass is 9.84. The van der Waals surface area contributed by atoms with E-state index in [1.807, 2.05) is 0 Å². The van der Waals surface area contributed by atoms with Gasteiger partial charge in [-0.2, -0.15) is 0 Å². The zero-order chi connectivity index (χ0) is 13.4. The van der Waals surface area contributed by atoms with Gasteiger partial charge in [-0.25, -0.2) is 0 Å². The zero-order valence-electron chi connectivity index (χ0n) is 12.6. The van der Waals surface area contributed by atoms with Gasteiger partial charge < -0.3 is 4.74 Å². The molecule has 17 heavy (non-hydrogen) atoms. The molecule has 0 saturated heterocycles. The van der Waals surface area contributed by atoms with Gasteiger partial charge in [-0.05, 0) is 45.6 Å². The maximum Gasteiger partial charge on any atom is 0.126 e. The van der Waals surface area contributed by atoms with Gasteiger partial charge in [0, 0.05) is 5.56 Å². The molecule has 0 spiro atoms. The Kier molecular flexibility index (Phi) is 3.61. The van der Waals surface area contributed by atoms with Crippen LogP contribution in [-0.2, 0) is 5.41 Å². The van der Waals surface area contributed by atoms with Crippen LogP contribution in [0.15, 0.2) is 12.1 Å². The fourth-order valence-corrected chi connectivity index (χ4v) is 1.95. The highest BCUT2D eigenvalue weighted by molar-refractivity contribution is 5.47. The van der Waals surface area contributed by atoms with E-state index >= 15 is 0 Å². The molecule has 1 aromatic carbocycles. The van der Waals surface area contributed by atoms with E-state index < -0.39 is 0 Å². The Morgan fingerprint density at radius 1 is 0.882 bits per heavy atom. The van der Waals surface area contributed by atoms with E-state index in [1.165, 1.54) is 16.7 Å². The highest BCUT2D eigenvalue weighted by atomic mass is 16.5. The zero-order valence-corrected chi connectivity index (χ0v) is 12.6. The highest BCUT2D eigenvalue weighted by Gasteiger charge is 2.24. The monoisotopic (exact) mass is 234 g/mol. The highest BCUT2D eigenvalue weighted by Crippen LogP contribution is 2.36. The molecule has 1 heteroatoms. The molecule has 1 rings (SSSR count). The van der Waals surface area contributed by atoms with Gasteiger partial charge in [0.05, 0.1) is 0 Å². The summed E-state index contributed by atoms with van der Waals surface area (Å²) in [6.45, 7) is 17.3. The maximum absolute atomic E-state index is 6.15. The fraction of sp³-hybridized carbons (Fsp3) is 0.625. The lowest BCUT2D eigenvalue weighted by molar-refractivity contribution is 0.126. The minimum Gasteiger partial charge on any atom is -0.488 e. The topological polar surface area (TPSA) is 9.23 Å². The summed E-state index contributed by atoms with van der Waals surface area (Å²) in [5, 5.41) is 0. The van der Waals surface area contributed by atoms with E-state index in [0.717, 1.165) is 5.75 Å². The Morgan fingerprint density at radius 3 is 1.82 bits per heavy atom. The second-order valence-electron chi connectivity index (χ2n) is 6.92. The lowest BCUT2D eigenvalue weighted by Crippen LogP contribution is -2.26. The molecule has 1 aromatic rings. The van der Waals surface area contributed by atoms with Gasteiger partial charge in [0.2, 0.25) is 0 Å².